The Morgan fingerprint density at radius 2 is 1.88 bits per heavy atom. The van der Waals surface area contributed by atoms with Gasteiger partial charge in [0.15, 0.2) is 0 Å². The maximum Gasteiger partial charge on any atom is 0.237 e. The zero-order valence-electron chi connectivity index (χ0n) is 12.0. The van der Waals surface area contributed by atoms with Crippen molar-refractivity contribution >= 4 is 5.91 Å². The van der Waals surface area contributed by atoms with Crippen molar-refractivity contribution in [2.24, 2.45) is 17.1 Å². The first-order valence-corrected chi connectivity index (χ1v) is 6.24. The number of nitrogens with two attached hydrogens (primary N) is 1. The number of methoxy groups -OCH3 is 1. The van der Waals surface area contributed by atoms with Gasteiger partial charge in [-0.15, -0.1) is 0 Å². The molecule has 2 atom stereocenters. The van der Waals surface area contributed by atoms with Crippen LogP contribution in [0.2, 0.25) is 0 Å². The van der Waals surface area contributed by atoms with Crippen molar-refractivity contribution in [3.8, 4) is 0 Å². The van der Waals surface area contributed by atoms with Crippen LogP contribution in [0.1, 0.15) is 41.0 Å². The Hall–Kier alpha value is -0.610. The fourth-order valence-electron chi connectivity index (χ4n) is 1.68. The highest BCUT2D eigenvalue weighted by molar-refractivity contribution is 5.81. The lowest BCUT2D eigenvalue weighted by Gasteiger charge is -2.29. The molecule has 102 valence electrons. The van der Waals surface area contributed by atoms with Crippen LogP contribution in [-0.2, 0) is 9.53 Å². The monoisotopic (exact) mass is 244 g/mol. The molecular formula is C13H28N2O2. The number of nitrogens with one attached hydrogen (secondary N) is 1. The highest BCUT2D eigenvalue weighted by atomic mass is 16.5. The maximum atomic E-state index is 11.7. The van der Waals surface area contributed by atoms with Crippen molar-refractivity contribution in [3.05, 3.63) is 0 Å². The summed E-state index contributed by atoms with van der Waals surface area (Å²) in [6.45, 7) is 10.9. The third kappa shape index (κ3) is 6.64. The molecule has 0 aliphatic rings. The van der Waals surface area contributed by atoms with E-state index in [0.717, 1.165) is 0 Å². The second kappa shape index (κ2) is 6.97. The predicted octanol–water partition coefficient (Wildman–Crippen LogP) is 1.54. The van der Waals surface area contributed by atoms with Crippen LogP contribution in [0.3, 0.4) is 0 Å². The van der Waals surface area contributed by atoms with E-state index in [1.807, 2.05) is 0 Å². The molecule has 0 spiro atoms. The van der Waals surface area contributed by atoms with Gasteiger partial charge in [-0.25, -0.2) is 0 Å². The minimum absolute atomic E-state index is 0.00213. The van der Waals surface area contributed by atoms with Crippen LogP contribution in [0.25, 0.3) is 0 Å². The van der Waals surface area contributed by atoms with Gasteiger partial charge in [0.1, 0.15) is 0 Å². The number of carbonyl (C=O) groups excluding carboxylic acids is 1. The molecule has 3 N–H and O–H groups in total. The van der Waals surface area contributed by atoms with Crippen LogP contribution >= 0.6 is 0 Å². The average molecular weight is 244 g/mol. The van der Waals surface area contributed by atoms with Crippen molar-refractivity contribution in [1.29, 1.82) is 0 Å². The SMILES string of the molecule is COC(CNC(=O)[C@@H](N)CC(C)C)C(C)(C)C. The standard InChI is InChI=1S/C13H28N2O2/c1-9(2)7-10(14)12(16)15-8-11(17-6)13(3,4)5/h9-11H,7-8,14H2,1-6H3,(H,15,16)/t10-,11?/m0/s1. The van der Waals surface area contributed by atoms with Crippen LogP contribution in [0, 0.1) is 11.3 Å². The number of carbonyl (C=O) groups is 1. The molecule has 0 saturated heterocycles. The molecule has 0 rings (SSSR count). The summed E-state index contributed by atoms with van der Waals surface area (Å²) in [6.07, 6.45) is 0.705. The Morgan fingerprint density at radius 3 is 2.24 bits per heavy atom. The second-order valence-corrected chi connectivity index (χ2v) is 6.07. The molecule has 0 aromatic rings. The van der Waals surface area contributed by atoms with Crippen LogP contribution in [0.15, 0.2) is 0 Å². The van der Waals surface area contributed by atoms with E-state index in [-0.39, 0.29) is 17.4 Å². The summed E-state index contributed by atoms with van der Waals surface area (Å²) in [5.41, 5.74) is 5.81. The highest BCUT2D eigenvalue weighted by Crippen LogP contribution is 2.20. The van der Waals surface area contributed by atoms with E-state index in [4.69, 9.17) is 10.5 Å². The van der Waals surface area contributed by atoms with Gasteiger partial charge < -0.3 is 15.8 Å². The van der Waals surface area contributed by atoms with Gasteiger partial charge in [-0.2, -0.15) is 0 Å². The molecule has 1 amide bonds. The van der Waals surface area contributed by atoms with E-state index < -0.39 is 6.04 Å². The van der Waals surface area contributed by atoms with Crippen molar-refractivity contribution in [2.75, 3.05) is 13.7 Å². The van der Waals surface area contributed by atoms with Crippen molar-refractivity contribution < 1.29 is 9.53 Å². The fraction of sp³-hybridized carbons (Fsp3) is 0.923. The van der Waals surface area contributed by atoms with Gasteiger partial charge in [-0.1, -0.05) is 34.6 Å². The summed E-state index contributed by atoms with van der Waals surface area (Å²) < 4.78 is 5.37. The third-order valence-electron chi connectivity index (χ3n) is 2.77. The number of hydrogen-bond donors (Lipinski definition) is 2. The lowest BCUT2D eigenvalue weighted by Crippen LogP contribution is -2.47. The van der Waals surface area contributed by atoms with Gasteiger partial charge in [0.25, 0.3) is 0 Å². The zero-order chi connectivity index (χ0) is 13.6. The van der Waals surface area contributed by atoms with Crippen molar-refractivity contribution in [3.63, 3.8) is 0 Å². The third-order valence-corrected chi connectivity index (χ3v) is 2.77. The molecule has 0 saturated carbocycles. The van der Waals surface area contributed by atoms with E-state index in [9.17, 15) is 4.79 Å². The van der Waals surface area contributed by atoms with E-state index >= 15 is 0 Å². The average Bonchev–Trinajstić information content (AvgIpc) is 2.15. The normalized spacial score (nSPS) is 15.8. The molecule has 0 heterocycles. The molecule has 0 aromatic carbocycles. The van der Waals surface area contributed by atoms with Gasteiger partial charge in [0.2, 0.25) is 5.91 Å². The van der Waals surface area contributed by atoms with Crippen molar-refractivity contribution in [1.82, 2.24) is 5.32 Å². The number of amides is 1. The predicted molar refractivity (Wildman–Crippen MR) is 70.7 cm³/mol. The minimum atomic E-state index is -0.424. The summed E-state index contributed by atoms with van der Waals surface area (Å²) in [6, 6.07) is -0.424. The van der Waals surface area contributed by atoms with E-state index in [0.29, 0.717) is 18.9 Å². The largest absolute Gasteiger partial charge is 0.379 e. The van der Waals surface area contributed by atoms with Crippen LogP contribution in [0.5, 0.6) is 0 Å². The number of ether oxygens (including phenoxy) is 1. The molecule has 0 bridgehead atoms. The summed E-state index contributed by atoms with van der Waals surface area (Å²) in [5, 5.41) is 2.86. The van der Waals surface area contributed by atoms with Gasteiger partial charge >= 0.3 is 0 Å². The highest BCUT2D eigenvalue weighted by Gasteiger charge is 2.25. The topological polar surface area (TPSA) is 64.3 Å². The minimum Gasteiger partial charge on any atom is -0.379 e. The molecular weight excluding hydrogens is 216 g/mol. The van der Waals surface area contributed by atoms with Crippen LogP contribution in [-0.4, -0.2) is 31.7 Å². The maximum absolute atomic E-state index is 11.7. The lowest BCUT2D eigenvalue weighted by atomic mass is 9.89. The number of hydrogen-bond acceptors (Lipinski definition) is 3. The Balaban J connectivity index is 4.14. The number of rotatable bonds is 6. The lowest BCUT2D eigenvalue weighted by molar-refractivity contribution is -0.123. The van der Waals surface area contributed by atoms with Gasteiger partial charge in [0, 0.05) is 13.7 Å². The molecule has 4 nitrogen and oxygen atoms in total. The molecule has 0 aliphatic carbocycles. The first kappa shape index (κ1) is 16.4. The van der Waals surface area contributed by atoms with Crippen LogP contribution in [0.4, 0.5) is 0 Å². The first-order valence-electron chi connectivity index (χ1n) is 6.24. The Bertz CT molecular complexity index is 234. The van der Waals surface area contributed by atoms with Gasteiger partial charge in [-0.3, -0.25) is 4.79 Å². The van der Waals surface area contributed by atoms with Gasteiger partial charge in [-0.05, 0) is 17.8 Å². The van der Waals surface area contributed by atoms with E-state index in [1.165, 1.54) is 0 Å². The summed E-state index contributed by atoms with van der Waals surface area (Å²) in [4.78, 5) is 11.7. The molecule has 0 aromatic heterocycles. The molecule has 1 unspecified atom stereocenters. The summed E-state index contributed by atoms with van der Waals surface area (Å²) in [7, 11) is 1.66. The van der Waals surface area contributed by atoms with Crippen LogP contribution < -0.4 is 11.1 Å². The summed E-state index contributed by atoms with van der Waals surface area (Å²) >= 11 is 0. The first-order chi connectivity index (χ1) is 7.68. The molecule has 4 heteroatoms. The smallest absolute Gasteiger partial charge is 0.237 e. The summed E-state index contributed by atoms with van der Waals surface area (Å²) in [5.74, 6) is 0.335. The molecule has 17 heavy (non-hydrogen) atoms. The molecule has 0 radical (unpaired) electrons. The van der Waals surface area contributed by atoms with E-state index in [1.54, 1.807) is 7.11 Å². The quantitative estimate of drug-likeness (QED) is 0.745. The Kier molecular flexibility index (Phi) is 6.72. The van der Waals surface area contributed by atoms with Gasteiger partial charge in [0.05, 0.1) is 12.1 Å². The Labute approximate surface area is 105 Å². The van der Waals surface area contributed by atoms with E-state index in [2.05, 4.69) is 39.9 Å². The Morgan fingerprint density at radius 1 is 1.35 bits per heavy atom. The van der Waals surface area contributed by atoms with Crippen molar-refractivity contribution in [2.45, 2.75) is 53.2 Å². The second-order valence-electron chi connectivity index (χ2n) is 6.07. The molecule has 0 aliphatic heterocycles. The zero-order valence-corrected chi connectivity index (χ0v) is 12.0. The molecule has 0 fully saturated rings. The fourth-order valence-corrected chi connectivity index (χ4v) is 1.68.